The first-order valence-electron chi connectivity index (χ1n) is 5.35. The molecule has 3 rings (SSSR count). The van der Waals surface area contributed by atoms with Crippen LogP contribution in [0.15, 0.2) is 16.7 Å². The smallest absolute Gasteiger partial charge is 0.269 e. The molecule has 1 aliphatic heterocycles. The molecule has 2 N–H and O–H groups in total. The minimum atomic E-state index is 0.521. The van der Waals surface area contributed by atoms with Gasteiger partial charge in [0.1, 0.15) is 0 Å². The lowest BCUT2D eigenvalue weighted by Crippen LogP contribution is -2.36. The van der Waals surface area contributed by atoms with Gasteiger partial charge in [-0.2, -0.15) is 4.98 Å². The molecule has 7 heteroatoms. The van der Waals surface area contributed by atoms with Crippen LogP contribution in [-0.4, -0.2) is 36.4 Å². The molecule has 0 bridgehead atoms. The zero-order valence-corrected chi connectivity index (χ0v) is 9.94. The summed E-state index contributed by atoms with van der Waals surface area (Å²) in [5, 5.41) is 4.72. The van der Waals surface area contributed by atoms with E-state index in [2.05, 4.69) is 10.1 Å². The summed E-state index contributed by atoms with van der Waals surface area (Å²) in [7, 11) is 0. The van der Waals surface area contributed by atoms with Crippen molar-refractivity contribution in [1.29, 1.82) is 0 Å². The maximum absolute atomic E-state index is 5.67. The van der Waals surface area contributed by atoms with Gasteiger partial charge in [-0.25, -0.2) is 0 Å². The average Bonchev–Trinajstić information content (AvgIpc) is 2.98. The van der Waals surface area contributed by atoms with E-state index < -0.39 is 0 Å². The Bertz CT molecular complexity index is 504. The predicted molar refractivity (Wildman–Crippen MR) is 65.1 cm³/mol. The summed E-state index contributed by atoms with van der Waals surface area (Å²) in [6, 6.07) is 3.72. The fourth-order valence-corrected chi connectivity index (χ4v) is 2.37. The van der Waals surface area contributed by atoms with Crippen molar-refractivity contribution in [2.75, 3.05) is 36.9 Å². The van der Waals surface area contributed by atoms with Crippen molar-refractivity contribution in [3.8, 4) is 10.8 Å². The van der Waals surface area contributed by atoms with Gasteiger partial charge in [-0.15, -0.1) is 11.3 Å². The van der Waals surface area contributed by atoms with Crippen LogP contribution in [-0.2, 0) is 4.74 Å². The molecule has 0 atom stereocenters. The number of nitrogens with two attached hydrogens (primary N) is 1. The Morgan fingerprint density at radius 1 is 1.29 bits per heavy atom. The molecule has 0 amide bonds. The van der Waals surface area contributed by atoms with Gasteiger partial charge in [-0.3, -0.25) is 0 Å². The van der Waals surface area contributed by atoms with Crippen LogP contribution in [0.2, 0.25) is 0 Å². The summed E-state index contributed by atoms with van der Waals surface area (Å²) in [5.41, 5.74) is 5.67. The number of thiophene rings is 1. The van der Waals surface area contributed by atoms with Gasteiger partial charge in [0, 0.05) is 13.1 Å². The highest BCUT2D eigenvalue weighted by molar-refractivity contribution is 7.19. The first-order chi connectivity index (χ1) is 8.33. The van der Waals surface area contributed by atoms with Crippen molar-refractivity contribution in [2.45, 2.75) is 0 Å². The van der Waals surface area contributed by atoms with Crippen molar-refractivity contribution >= 4 is 22.3 Å². The van der Waals surface area contributed by atoms with E-state index in [1.54, 1.807) is 0 Å². The third kappa shape index (κ3) is 2.11. The lowest BCUT2D eigenvalue weighted by molar-refractivity contribution is 0.121. The molecule has 3 heterocycles. The highest BCUT2D eigenvalue weighted by atomic mass is 32.1. The van der Waals surface area contributed by atoms with Gasteiger partial charge >= 0.3 is 0 Å². The normalized spacial score (nSPS) is 16.4. The first kappa shape index (κ1) is 10.5. The Hall–Kier alpha value is -1.60. The molecule has 6 nitrogen and oxygen atoms in total. The lowest BCUT2D eigenvalue weighted by atomic mass is 10.4. The summed E-state index contributed by atoms with van der Waals surface area (Å²) >= 11 is 1.44. The summed E-state index contributed by atoms with van der Waals surface area (Å²) in [6.07, 6.45) is 0. The molecule has 1 saturated heterocycles. The summed E-state index contributed by atoms with van der Waals surface area (Å²) < 4.78 is 10.5. The zero-order valence-electron chi connectivity index (χ0n) is 9.13. The van der Waals surface area contributed by atoms with Gasteiger partial charge in [-0.1, -0.05) is 0 Å². The molecule has 0 radical (unpaired) electrons. The molecule has 0 spiro atoms. The van der Waals surface area contributed by atoms with Crippen molar-refractivity contribution < 1.29 is 9.26 Å². The van der Waals surface area contributed by atoms with E-state index in [1.807, 2.05) is 17.0 Å². The number of rotatable bonds is 2. The second-order valence-electron chi connectivity index (χ2n) is 3.70. The maximum Gasteiger partial charge on any atom is 0.269 e. The Labute approximate surface area is 102 Å². The van der Waals surface area contributed by atoms with Gasteiger partial charge in [-0.05, 0) is 17.3 Å². The van der Waals surface area contributed by atoms with Crippen LogP contribution in [0, 0.1) is 0 Å². The summed E-state index contributed by atoms with van der Waals surface area (Å²) in [6.45, 7) is 3.00. The molecule has 2 aromatic rings. The topological polar surface area (TPSA) is 77.4 Å². The number of hydrogen-bond acceptors (Lipinski definition) is 7. The van der Waals surface area contributed by atoms with Crippen LogP contribution in [0.4, 0.5) is 10.9 Å². The van der Waals surface area contributed by atoms with Crippen LogP contribution in [0.25, 0.3) is 10.8 Å². The zero-order chi connectivity index (χ0) is 11.7. The average molecular weight is 252 g/mol. The Balaban J connectivity index is 1.82. The molecule has 17 heavy (non-hydrogen) atoms. The van der Waals surface area contributed by atoms with Crippen LogP contribution in [0.5, 0.6) is 0 Å². The molecule has 0 saturated carbocycles. The molecule has 90 valence electrons. The number of ether oxygens (including phenoxy) is 1. The summed E-state index contributed by atoms with van der Waals surface area (Å²) in [5.74, 6) is 1.14. The monoisotopic (exact) mass is 252 g/mol. The summed E-state index contributed by atoms with van der Waals surface area (Å²) in [4.78, 5) is 7.31. The van der Waals surface area contributed by atoms with Gasteiger partial charge < -0.3 is 19.9 Å². The minimum absolute atomic E-state index is 0.521. The van der Waals surface area contributed by atoms with Crippen LogP contribution < -0.4 is 10.6 Å². The quantitative estimate of drug-likeness (QED) is 0.865. The molecular weight excluding hydrogens is 240 g/mol. The fourth-order valence-electron chi connectivity index (χ4n) is 1.68. The van der Waals surface area contributed by atoms with Crippen molar-refractivity contribution in [3.63, 3.8) is 0 Å². The molecule has 2 aromatic heterocycles. The third-order valence-electron chi connectivity index (χ3n) is 2.55. The van der Waals surface area contributed by atoms with Crippen molar-refractivity contribution in [3.05, 3.63) is 12.1 Å². The van der Waals surface area contributed by atoms with Crippen LogP contribution in [0.3, 0.4) is 0 Å². The predicted octanol–water partition coefficient (Wildman–Crippen LogP) is 1.22. The van der Waals surface area contributed by atoms with Gasteiger partial charge in [0.05, 0.1) is 23.1 Å². The van der Waals surface area contributed by atoms with E-state index in [0.29, 0.717) is 25.1 Å². The Morgan fingerprint density at radius 3 is 2.82 bits per heavy atom. The van der Waals surface area contributed by atoms with Crippen LogP contribution in [0.1, 0.15) is 0 Å². The lowest BCUT2D eigenvalue weighted by Gasteiger charge is -2.24. The Morgan fingerprint density at radius 2 is 2.12 bits per heavy atom. The largest absolute Gasteiger partial charge is 0.391 e. The minimum Gasteiger partial charge on any atom is -0.391 e. The second kappa shape index (κ2) is 4.34. The standard InChI is InChI=1S/C10H12N4O2S/c11-8-2-1-7(17-8)9-12-10(13-16-9)14-3-5-15-6-4-14/h1-2H,3-6,11H2. The number of aromatic nitrogens is 2. The molecule has 0 aromatic carbocycles. The van der Waals surface area contributed by atoms with E-state index in [4.69, 9.17) is 15.0 Å². The number of nitrogen functional groups attached to an aromatic ring is 1. The van der Waals surface area contributed by atoms with Gasteiger partial charge in [0.2, 0.25) is 0 Å². The van der Waals surface area contributed by atoms with Crippen molar-refractivity contribution in [1.82, 2.24) is 10.1 Å². The van der Waals surface area contributed by atoms with Gasteiger partial charge in [0.15, 0.2) is 0 Å². The van der Waals surface area contributed by atoms with E-state index >= 15 is 0 Å². The van der Waals surface area contributed by atoms with Crippen molar-refractivity contribution in [2.24, 2.45) is 0 Å². The number of nitrogens with zero attached hydrogens (tertiary/aromatic N) is 3. The first-order valence-corrected chi connectivity index (χ1v) is 6.17. The Kier molecular flexibility index (Phi) is 2.69. The van der Waals surface area contributed by atoms with Crippen LogP contribution >= 0.6 is 11.3 Å². The maximum atomic E-state index is 5.67. The molecule has 0 aliphatic carbocycles. The van der Waals surface area contributed by atoms with E-state index in [0.717, 1.165) is 23.0 Å². The number of anilines is 2. The fraction of sp³-hybridized carbons (Fsp3) is 0.400. The molecule has 1 fully saturated rings. The van der Waals surface area contributed by atoms with E-state index in [1.165, 1.54) is 11.3 Å². The highest BCUT2D eigenvalue weighted by Gasteiger charge is 2.18. The van der Waals surface area contributed by atoms with Gasteiger partial charge in [0.25, 0.3) is 11.8 Å². The SMILES string of the molecule is Nc1ccc(-c2nc(N3CCOCC3)no2)s1. The molecule has 1 aliphatic rings. The third-order valence-corrected chi connectivity index (χ3v) is 3.45. The number of hydrogen-bond donors (Lipinski definition) is 1. The van der Waals surface area contributed by atoms with E-state index in [-0.39, 0.29) is 0 Å². The molecule has 0 unspecified atom stereocenters. The second-order valence-corrected chi connectivity index (χ2v) is 4.82. The molecular formula is C10H12N4O2S. The highest BCUT2D eigenvalue weighted by Crippen LogP contribution is 2.29. The van der Waals surface area contributed by atoms with E-state index in [9.17, 15) is 0 Å². The number of morpholine rings is 1.